The molecule has 0 aromatic heterocycles. The Morgan fingerprint density at radius 1 is 1.82 bits per heavy atom. The average Bonchev–Trinajstić information content (AvgIpc) is 2.32. The van der Waals surface area contributed by atoms with Crippen LogP contribution < -0.4 is 0 Å². The maximum absolute atomic E-state index is 9.57. The van der Waals surface area contributed by atoms with Crippen LogP contribution in [0.15, 0.2) is 0 Å². The number of likely N-dealkylation sites (tertiary alicyclic amines) is 1. The Labute approximate surface area is 67.0 Å². The second kappa shape index (κ2) is 2.82. The summed E-state index contributed by atoms with van der Waals surface area (Å²) in [5.74, 6) is 2.49. The molecule has 1 fully saturated rings. The van der Waals surface area contributed by atoms with Crippen molar-refractivity contribution in [2.75, 3.05) is 20.7 Å². The van der Waals surface area contributed by atoms with E-state index in [1.165, 1.54) is 7.11 Å². The van der Waals surface area contributed by atoms with Gasteiger partial charge in [0.15, 0.2) is 5.60 Å². The molecule has 3 nitrogen and oxygen atoms in total. The Morgan fingerprint density at radius 3 is 2.64 bits per heavy atom. The summed E-state index contributed by atoms with van der Waals surface area (Å²) >= 11 is 0. The molecular formula is C8H13NO2. The first-order chi connectivity index (χ1) is 5.16. The Kier molecular flexibility index (Phi) is 2.19. The summed E-state index contributed by atoms with van der Waals surface area (Å²) in [4.78, 5) is 1.78. The highest BCUT2D eigenvalue weighted by atomic mass is 16.5. The second-order valence-electron chi connectivity index (χ2n) is 2.84. The molecule has 1 aliphatic rings. The number of aliphatic hydroxyl groups is 1. The standard InChI is InChI=1S/C8H13NO2/c1-4-8(11-3)5-6-9(2)7(8)10/h1,7,10H,5-6H2,2-3H3. The van der Waals surface area contributed by atoms with Gasteiger partial charge in [-0.2, -0.15) is 0 Å². The van der Waals surface area contributed by atoms with Gasteiger partial charge in [0.05, 0.1) is 0 Å². The molecule has 2 atom stereocenters. The average molecular weight is 155 g/mol. The molecule has 0 bridgehead atoms. The lowest BCUT2D eigenvalue weighted by Crippen LogP contribution is -2.43. The third-order valence-electron chi connectivity index (χ3n) is 2.28. The summed E-state index contributed by atoms with van der Waals surface area (Å²) in [6, 6.07) is 0. The van der Waals surface area contributed by atoms with Crippen molar-refractivity contribution in [1.82, 2.24) is 4.90 Å². The van der Waals surface area contributed by atoms with Crippen molar-refractivity contribution in [3.63, 3.8) is 0 Å². The molecule has 0 amide bonds. The van der Waals surface area contributed by atoms with E-state index in [1.54, 1.807) is 4.90 Å². The number of hydrogen-bond acceptors (Lipinski definition) is 3. The van der Waals surface area contributed by atoms with Crippen molar-refractivity contribution in [2.45, 2.75) is 18.2 Å². The van der Waals surface area contributed by atoms with Crippen LogP contribution in [0.25, 0.3) is 0 Å². The molecule has 2 unspecified atom stereocenters. The van der Waals surface area contributed by atoms with Crippen molar-refractivity contribution in [3.05, 3.63) is 0 Å². The Balaban J connectivity index is 2.80. The van der Waals surface area contributed by atoms with E-state index < -0.39 is 11.8 Å². The smallest absolute Gasteiger partial charge is 0.168 e. The van der Waals surface area contributed by atoms with Gasteiger partial charge >= 0.3 is 0 Å². The van der Waals surface area contributed by atoms with Gasteiger partial charge in [0.2, 0.25) is 0 Å². The zero-order valence-electron chi connectivity index (χ0n) is 6.87. The van der Waals surface area contributed by atoms with Gasteiger partial charge in [-0.25, -0.2) is 0 Å². The van der Waals surface area contributed by atoms with E-state index in [-0.39, 0.29) is 0 Å². The number of methoxy groups -OCH3 is 1. The molecule has 0 radical (unpaired) electrons. The lowest BCUT2D eigenvalue weighted by Gasteiger charge is -2.26. The molecule has 62 valence electrons. The van der Waals surface area contributed by atoms with Gasteiger partial charge in [0, 0.05) is 20.1 Å². The van der Waals surface area contributed by atoms with Gasteiger partial charge in [-0.1, -0.05) is 5.92 Å². The molecule has 0 saturated carbocycles. The summed E-state index contributed by atoms with van der Waals surface area (Å²) in [6.07, 6.45) is 5.29. The molecule has 1 heterocycles. The molecule has 3 heteroatoms. The topological polar surface area (TPSA) is 32.7 Å². The quantitative estimate of drug-likeness (QED) is 0.526. The highest BCUT2D eigenvalue weighted by molar-refractivity contribution is 5.15. The van der Waals surface area contributed by atoms with Crippen LogP contribution in [0.3, 0.4) is 0 Å². The molecule has 1 rings (SSSR count). The lowest BCUT2D eigenvalue weighted by atomic mass is 10.0. The van der Waals surface area contributed by atoms with Crippen LogP contribution in [-0.4, -0.2) is 42.5 Å². The summed E-state index contributed by atoms with van der Waals surface area (Å²) in [5.41, 5.74) is -0.783. The van der Waals surface area contributed by atoms with Crippen molar-refractivity contribution >= 4 is 0 Å². The van der Waals surface area contributed by atoms with Gasteiger partial charge < -0.3 is 9.84 Å². The summed E-state index contributed by atoms with van der Waals surface area (Å²) in [6.45, 7) is 0.777. The SMILES string of the molecule is C#CC1(OC)CCN(C)C1O. The minimum absolute atomic E-state index is 0.669. The molecule has 1 N–H and O–H groups in total. The summed E-state index contributed by atoms with van der Waals surface area (Å²) < 4.78 is 5.10. The number of terminal acetylenes is 1. The number of nitrogens with zero attached hydrogens (tertiary/aromatic N) is 1. The zero-order valence-corrected chi connectivity index (χ0v) is 6.87. The Morgan fingerprint density at radius 2 is 2.45 bits per heavy atom. The fourth-order valence-electron chi connectivity index (χ4n) is 1.36. The second-order valence-corrected chi connectivity index (χ2v) is 2.84. The van der Waals surface area contributed by atoms with Gasteiger partial charge in [-0.05, 0) is 7.05 Å². The third kappa shape index (κ3) is 1.14. The van der Waals surface area contributed by atoms with E-state index in [2.05, 4.69) is 5.92 Å². The highest BCUT2D eigenvalue weighted by Crippen LogP contribution is 2.27. The van der Waals surface area contributed by atoms with Crippen LogP contribution in [-0.2, 0) is 4.74 Å². The van der Waals surface area contributed by atoms with Crippen LogP contribution in [0.5, 0.6) is 0 Å². The van der Waals surface area contributed by atoms with Crippen molar-refractivity contribution in [3.8, 4) is 12.3 Å². The largest absolute Gasteiger partial charge is 0.374 e. The predicted molar refractivity (Wildman–Crippen MR) is 41.8 cm³/mol. The monoisotopic (exact) mass is 155 g/mol. The lowest BCUT2D eigenvalue weighted by molar-refractivity contribution is -0.0851. The fraction of sp³-hybridized carbons (Fsp3) is 0.750. The molecule has 1 saturated heterocycles. The van der Waals surface area contributed by atoms with Crippen LogP contribution >= 0.6 is 0 Å². The molecular weight excluding hydrogens is 142 g/mol. The summed E-state index contributed by atoms with van der Waals surface area (Å²) in [7, 11) is 3.35. The number of rotatable bonds is 1. The van der Waals surface area contributed by atoms with E-state index in [0.29, 0.717) is 6.42 Å². The fourth-order valence-corrected chi connectivity index (χ4v) is 1.36. The van der Waals surface area contributed by atoms with Crippen LogP contribution in [0, 0.1) is 12.3 Å². The van der Waals surface area contributed by atoms with Gasteiger partial charge in [-0.3, -0.25) is 4.90 Å². The van der Waals surface area contributed by atoms with Crippen molar-refractivity contribution in [2.24, 2.45) is 0 Å². The molecule has 0 aromatic rings. The third-order valence-corrected chi connectivity index (χ3v) is 2.28. The first-order valence-electron chi connectivity index (χ1n) is 3.57. The predicted octanol–water partition coefficient (Wildman–Crippen LogP) is -0.341. The normalized spacial score (nSPS) is 38.9. The van der Waals surface area contributed by atoms with E-state index in [0.717, 1.165) is 6.54 Å². The van der Waals surface area contributed by atoms with Crippen LogP contribution in [0.4, 0.5) is 0 Å². The van der Waals surface area contributed by atoms with E-state index >= 15 is 0 Å². The van der Waals surface area contributed by atoms with E-state index in [9.17, 15) is 5.11 Å². The molecule has 11 heavy (non-hydrogen) atoms. The van der Waals surface area contributed by atoms with E-state index in [4.69, 9.17) is 11.2 Å². The molecule has 1 aliphatic heterocycles. The van der Waals surface area contributed by atoms with Crippen molar-refractivity contribution in [1.29, 1.82) is 0 Å². The minimum Gasteiger partial charge on any atom is -0.374 e. The number of ether oxygens (including phenoxy) is 1. The number of aliphatic hydroxyl groups excluding tert-OH is 1. The van der Waals surface area contributed by atoms with Gasteiger partial charge in [0.1, 0.15) is 6.23 Å². The van der Waals surface area contributed by atoms with Gasteiger partial charge in [-0.15, -0.1) is 6.42 Å². The van der Waals surface area contributed by atoms with Gasteiger partial charge in [0.25, 0.3) is 0 Å². The molecule has 0 spiro atoms. The maximum atomic E-state index is 9.57. The molecule has 0 aliphatic carbocycles. The van der Waals surface area contributed by atoms with Crippen molar-refractivity contribution < 1.29 is 9.84 Å². The maximum Gasteiger partial charge on any atom is 0.168 e. The van der Waals surface area contributed by atoms with Crippen LogP contribution in [0.2, 0.25) is 0 Å². The first-order valence-corrected chi connectivity index (χ1v) is 3.57. The number of likely N-dealkylation sites (N-methyl/N-ethyl adjacent to an activating group) is 1. The Bertz CT molecular complexity index is 187. The van der Waals surface area contributed by atoms with Crippen LogP contribution in [0.1, 0.15) is 6.42 Å². The Hall–Kier alpha value is -0.560. The highest BCUT2D eigenvalue weighted by Gasteiger charge is 2.44. The minimum atomic E-state index is -0.783. The summed E-state index contributed by atoms with van der Waals surface area (Å²) in [5, 5.41) is 9.57. The number of hydrogen-bond donors (Lipinski definition) is 1. The molecule has 0 aromatic carbocycles. The van der Waals surface area contributed by atoms with E-state index in [1.807, 2.05) is 7.05 Å². The zero-order chi connectivity index (χ0) is 8.48. The first kappa shape index (κ1) is 8.54.